The van der Waals surface area contributed by atoms with Crippen molar-refractivity contribution in [2.24, 2.45) is 0 Å². The highest BCUT2D eigenvalue weighted by Gasteiger charge is 2.60. The van der Waals surface area contributed by atoms with Crippen LogP contribution in [-0.4, -0.2) is 43.1 Å². The fourth-order valence-electron chi connectivity index (χ4n) is 4.13. The fraction of sp³-hybridized carbons (Fsp3) is 0.261. The molecule has 1 N–H and O–H groups in total. The average molecular weight is 378 g/mol. The molecule has 0 spiro atoms. The van der Waals surface area contributed by atoms with E-state index in [9.17, 15) is 9.90 Å². The average Bonchev–Trinajstić information content (AvgIpc) is 2.75. The Morgan fingerprint density at radius 1 is 0.964 bits per heavy atom. The Bertz CT molecular complexity index is 879. The molecule has 1 aliphatic heterocycles. The van der Waals surface area contributed by atoms with E-state index in [4.69, 9.17) is 14.2 Å². The van der Waals surface area contributed by atoms with Crippen LogP contribution < -0.4 is 0 Å². The second kappa shape index (κ2) is 7.11. The minimum atomic E-state index is -1.33. The number of ketones is 1. The lowest BCUT2D eigenvalue weighted by atomic mass is 9.72. The van der Waals surface area contributed by atoms with E-state index in [2.05, 4.69) is 0 Å². The number of hydrogen-bond acceptors (Lipinski definition) is 5. The lowest BCUT2D eigenvalue weighted by molar-refractivity contribution is -0.291. The van der Waals surface area contributed by atoms with Gasteiger partial charge in [-0.05, 0) is 29.4 Å². The topological polar surface area (TPSA) is 65.0 Å². The summed E-state index contributed by atoms with van der Waals surface area (Å²) in [4.78, 5) is 12.0. The number of carbonyl (C=O) groups is 1. The Hall–Kier alpha value is -2.57. The third kappa shape index (κ3) is 2.67. The monoisotopic (exact) mass is 378 g/mol. The van der Waals surface area contributed by atoms with Crippen LogP contribution in [0.1, 0.15) is 11.1 Å². The van der Waals surface area contributed by atoms with E-state index in [0.29, 0.717) is 5.57 Å². The highest BCUT2D eigenvalue weighted by Crippen LogP contribution is 2.51. The maximum atomic E-state index is 12.0. The Morgan fingerprint density at radius 2 is 1.54 bits per heavy atom. The predicted octanol–water partition coefficient (Wildman–Crippen LogP) is 2.74. The number of fused-ring (bicyclic) bond motifs is 1. The minimum absolute atomic E-state index is 0.201. The summed E-state index contributed by atoms with van der Waals surface area (Å²) >= 11 is 0. The van der Waals surface area contributed by atoms with Crippen LogP contribution in [0.3, 0.4) is 0 Å². The molecular formula is C23H22O5. The highest BCUT2D eigenvalue weighted by molar-refractivity contribution is 6.01. The lowest BCUT2D eigenvalue weighted by Gasteiger charge is -2.53. The molecule has 4 rings (SSSR count). The van der Waals surface area contributed by atoms with E-state index >= 15 is 0 Å². The maximum Gasteiger partial charge on any atom is 0.215 e. The van der Waals surface area contributed by atoms with Gasteiger partial charge in [0.15, 0.2) is 11.4 Å². The zero-order chi connectivity index (χ0) is 19.8. The van der Waals surface area contributed by atoms with Crippen molar-refractivity contribution in [2.75, 3.05) is 14.2 Å². The summed E-state index contributed by atoms with van der Waals surface area (Å²) < 4.78 is 18.1. The van der Waals surface area contributed by atoms with Gasteiger partial charge in [0, 0.05) is 19.8 Å². The molecule has 0 bridgehead atoms. The van der Waals surface area contributed by atoms with Crippen LogP contribution in [0.4, 0.5) is 0 Å². The first kappa shape index (κ1) is 18.8. The van der Waals surface area contributed by atoms with Gasteiger partial charge in [-0.25, -0.2) is 0 Å². The van der Waals surface area contributed by atoms with Crippen molar-refractivity contribution in [1.29, 1.82) is 0 Å². The van der Waals surface area contributed by atoms with Gasteiger partial charge in [-0.1, -0.05) is 60.7 Å². The molecule has 0 unspecified atom stereocenters. The number of aliphatic hydroxyl groups excluding tert-OH is 1. The second-order valence-corrected chi connectivity index (χ2v) is 6.88. The van der Waals surface area contributed by atoms with E-state index in [-0.39, 0.29) is 5.78 Å². The Labute approximate surface area is 163 Å². The number of aliphatic hydroxyl groups is 1. The second-order valence-electron chi connectivity index (χ2n) is 6.88. The summed E-state index contributed by atoms with van der Waals surface area (Å²) in [6.07, 6.45) is 2.50. The molecule has 2 aromatic rings. The molecule has 0 amide bonds. The van der Waals surface area contributed by atoms with Crippen molar-refractivity contribution in [3.8, 4) is 0 Å². The SMILES string of the molecule is CO[C@H]1C2=CC(=O)C=C[C@]2(OC)OC(c2ccccc2)(c2ccccc2)[C@@H]1O. The molecule has 5 nitrogen and oxygen atoms in total. The summed E-state index contributed by atoms with van der Waals surface area (Å²) in [5.41, 5.74) is 0.703. The smallest absolute Gasteiger partial charge is 0.215 e. The first-order valence-electron chi connectivity index (χ1n) is 9.10. The van der Waals surface area contributed by atoms with Gasteiger partial charge >= 0.3 is 0 Å². The number of methoxy groups -OCH3 is 2. The molecule has 2 aromatic carbocycles. The summed E-state index contributed by atoms with van der Waals surface area (Å²) in [5, 5.41) is 11.5. The van der Waals surface area contributed by atoms with Crippen molar-refractivity contribution in [2.45, 2.75) is 23.6 Å². The molecule has 0 saturated carbocycles. The van der Waals surface area contributed by atoms with Crippen molar-refractivity contribution >= 4 is 5.78 Å². The largest absolute Gasteiger partial charge is 0.386 e. The van der Waals surface area contributed by atoms with Crippen LogP contribution in [0.5, 0.6) is 0 Å². The molecular weight excluding hydrogens is 356 g/mol. The number of carbonyl (C=O) groups excluding carboxylic acids is 1. The van der Waals surface area contributed by atoms with Crippen LogP contribution in [0.15, 0.2) is 84.5 Å². The van der Waals surface area contributed by atoms with E-state index in [0.717, 1.165) is 11.1 Å². The van der Waals surface area contributed by atoms with Gasteiger partial charge in [0.1, 0.15) is 12.2 Å². The fourth-order valence-corrected chi connectivity index (χ4v) is 4.13. The minimum Gasteiger partial charge on any atom is -0.386 e. The lowest BCUT2D eigenvalue weighted by Crippen LogP contribution is -2.63. The summed E-state index contributed by atoms with van der Waals surface area (Å²) in [6.45, 7) is 0. The van der Waals surface area contributed by atoms with Crippen LogP contribution in [0, 0.1) is 0 Å². The molecule has 0 radical (unpaired) electrons. The molecule has 5 heteroatoms. The van der Waals surface area contributed by atoms with Gasteiger partial charge < -0.3 is 19.3 Å². The van der Waals surface area contributed by atoms with Crippen LogP contribution >= 0.6 is 0 Å². The van der Waals surface area contributed by atoms with E-state index in [1.54, 1.807) is 6.08 Å². The maximum absolute atomic E-state index is 12.0. The van der Waals surface area contributed by atoms with Gasteiger partial charge in [0.05, 0.1) is 0 Å². The molecule has 1 heterocycles. The van der Waals surface area contributed by atoms with Gasteiger partial charge in [0.2, 0.25) is 5.79 Å². The summed E-state index contributed by atoms with van der Waals surface area (Å²) in [5.74, 6) is -1.54. The number of benzene rings is 2. The van der Waals surface area contributed by atoms with Gasteiger partial charge in [0.25, 0.3) is 0 Å². The third-order valence-corrected chi connectivity index (χ3v) is 5.45. The number of allylic oxidation sites excluding steroid dienone is 2. The number of rotatable bonds is 4. The molecule has 1 aliphatic carbocycles. The zero-order valence-electron chi connectivity index (χ0n) is 15.7. The third-order valence-electron chi connectivity index (χ3n) is 5.45. The zero-order valence-corrected chi connectivity index (χ0v) is 15.7. The van der Waals surface area contributed by atoms with E-state index < -0.39 is 23.6 Å². The molecule has 28 heavy (non-hydrogen) atoms. The van der Waals surface area contributed by atoms with Crippen LogP contribution in [0.2, 0.25) is 0 Å². The normalized spacial score (nSPS) is 28.5. The first-order valence-corrected chi connectivity index (χ1v) is 9.10. The highest BCUT2D eigenvalue weighted by atomic mass is 16.7. The van der Waals surface area contributed by atoms with Crippen LogP contribution in [-0.2, 0) is 24.6 Å². The summed E-state index contributed by atoms with van der Waals surface area (Å²) in [7, 11) is 3.02. The standard InChI is InChI=1S/C23H22O5/c1-26-20-19-15-18(24)13-14-22(19,27-2)28-23(21(20)25,16-9-5-3-6-10-16)17-11-7-4-8-12-17/h3-15,20-21,25H,1-2H3/t20-,21+,22-/m0/s1. The number of ether oxygens (including phenoxy) is 3. The quantitative estimate of drug-likeness (QED) is 0.886. The van der Waals surface area contributed by atoms with Crippen molar-refractivity contribution in [3.05, 3.63) is 95.6 Å². The molecule has 1 fully saturated rings. The van der Waals surface area contributed by atoms with Gasteiger partial charge in [-0.3, -0.25) is 4.79 Å². The van der Waals surface area contributed by atoms with E-state index in [1.165, 1.54) is 26.4 Å². The molecule has 144 valence electrons. The van der Waals surface area contributed by atoms with Crippen molar-refractivity contribution < 1.29 is 24.1 Å². The Kier molecular flexibility index (Phi) is 4.77. The molecule has 2 aliphatic rings. The molecule has 3 atom stereocenters. The van der Waals surface area contributed by atoms with Crippen molar-refractivity contribution in [3.63, 3.8) is 0 Å². The van der Waals surface area contributed by atoms with Gasteiger partial charge in [-0.2, -0.15) is 0 Å². The molecule has 0 aromatic heterocycles. The van der Waals surface area contributed by atoms with Crippen molar-refractivity contribution in [1.82, 2.24) is 0 Å². The first-order chi connectivity index (χ1) is 13.6. The number of hydrogen-bond donors (Lipinski definition) is 1. The Balaban J connectivity index is 2.00. The summed E-state index contributed by atoms with van der Waals surface area (Å²) in [6, 6.07) is 19.0. The predicted molar refractivity (Wildman–Crippen MR) is 104 cm³/mol. The van der Waals surface area contributed by atoms with E-state index in [1.807, 2.05) is 60.7 Å². The van der Waals surface area contributed by atoms with Gasteiger partial charge in [-0.15, -0.1) is 0 Å². The molecule has 1 saturated heterocycles. The Morgan fingerprint density at radius 3 is 2.04 bits per heavy atom. The van der Waals surface area contributed by atoms with Crippen LogP contribution in [0.25, 0.3) is 0 Å².